The Morgan fingerprint density at radius 2 is 1.52 bits per heavy atom. The Hall–Kier alpha value is -3.28. The molecule has 1 atom stereocenters. The van der Waals surface area contributed by atoms with Gasteiger partial charge >= 0.3 is 0 Å². The van der Waals surface area contributed by atoms with Gasteiger partial charge in [0.1, 0.15) is 11.9 Å². The van der Waals surface area contributed by atoms with Crippen molar-refractivity contribution in [3.05, 3.63) is 113 Å². The van der Waals surface area contributed by atoms with E-state index in [4.69, 9.17) is 16.3 Å². The SMILES string of the molecule is CC(C)(C)c1ccc(CN2CCN(c3ccc(OC(CCc4ccc(Cl)cc4)Cn4ccnc4)cc3)CC2)cc1. The highest BCUT2D eigenvalue weighted by atomic mass is 35.5. The number of aromatic nitrogens is 2. The van der Waals surface area contributed by atoms with Crippen LogP contribution in [0.15, 0.2) is 91.5 Å². The minimum Gasteiger partial charge on any atom is -0.489 e. The zero-order valence-corrected chi connectivity index (χ0v) is 24.7. The lowest BCUT2D eigenvalue weighted by molar-refractivity contribution is 0.170. The van der Waals surface area contributed by atoms with E-state index in [2.05, 4.69) is 101 Å². The van der Waals surface area contributed by atoms with Crippen molar-refractivity contribution in [3.8, 4) is 5.75 Å². The minimum absolute atomic E-state index is 0.0386. The van der Waals surface area contributed by atoms with Crippen molar-refractivity contribution in [1.29, 1.82) is 0 Å². The fourth-order valence-electron chi connectivity index (χ4n) is 5.26. The molecule has 5 nitrogen and oxygen atoms in total. The Kier molecular flexibility index (Phi) is 9.13. The molecule has 0 radical (unpaired) electrons. The molecular weight excluding hydrogens is 516 g/mol. The average molecular weight is 557 g/mol. The fourth-order valence-corrected chi connectivity index (χ4v) is 5.38. The molecule has 1 aliphatic rings. The van der Waals surface area contributed by atoms with Crippen molar-refractivity contribution in [2.45, 2.75) is 58.2 Å². The molecule has 0 bridgehead atoms. The number of hydrogen-bond donors (Lipinski definition) is 0. The summed E-state index contributed by atoms with van der Waals surface area (Å²) in [6.07, 6.45) is 7.52. The molecule has 1 aromatic heterocycles. The molecule has 210 valence electrons. The Morgan fingerprint density at radius 1 is 0.850 bits per heavy atom. The number of ether oxygens (including phenoxy) is 1. The van der Waals surface area contributed by atoms with Crippen molar-refractivity contribution in [1.82, 2.24) is 14.5 Å². The summed E-state index contributed by atoms with van der Waals surface area (Å²) >= 11 is 6.06. The monoisotopic (exact) mass is 556 g/mol. The van der Waals surface area contributed by atoms with Crippen molar-refractivity contribution in [2.24, 2.45) is 0 Å². The lowest BCUT2D eigenvalue weighted by atomic mass is 9.87. The normalized spacial score (nSPS) is 15.2. The standard InChI is InChI=1S/C34H41ClN4O/c1-34(2,3)29-9-4-28(5-10-29)24-37-20-22-39(23-21-37)31-13-16-32(17-14-31)40-33(25-38-19-18-36-26-38)15-8-27-6-11-30(35)12-7-27/h4-7,9-14,16-19,26,33H,8,15,20-25H2,1-3H3. The van der Waals surface area contributed by atoms with E-state index in [9.17, 15) is 0 Å². The van der Waals surface area contributed by atoms with E-state index in [-0.39, 0.29) is 11.5 Å². The summed E-state index contributed by atoms with van der Waals surface area (Å²) in [5.74, 6) is 0.905. The number of aryl methyl sites for hydroxylation is 1. The van der Waals surface area contributed by atoms with Gasteiger partial charge in [-0.2, -0.15) is 0 Å². The molecule has 0 spiro atoms. The predicted octanol–water partition coefficient (Wildman–Crippen LogP) is 7.24. The molecule has 4 aromatic rings. The van der Waals surface area contributed by atoms with Gasteiger partial charge in [0.05, 0.1) is 12.9 Å². The Labute approximate surface area is 244 Å². The minimum atomic E-state index is 0.0386. The van der Waals surface area contributed by atoms with Gasteiger partial charge in [0.15, 0.2) is 0 Å². The van der Waals surface area contributed by atoms with Crippen molar-refractivity contribution in [2.75, 3.05) is 31.1 Å². The summed E-state index contributed by atoms with van der Waals surface area (Å²) in [4.78, 5) is 9.23. The molecule has 1 saturated heterocycles. The van der Waals surface area contributed by atoms with Gasteiger partial charge in [-0.3, -0.25) is 4.90 Å². The number of imidazole rings is 1. The highest BCUT2D eigenvalue weighted by Gasteiger charge is 2.19. The van der Waals surface area contributed by atoms with Gasteiger partial charge in [-0.05, 0) is 71.3 Å². The molecule has 0 saturated carbocycles. The van der Waals surface area contributed by atoms with Crippen LogP contribution in [0.3, 0.4) is 0 Å². The van der Waals surface area contributed by atoms with Crippen LogP contribution in [-0.2, 0) is 24.9 Å². The maximum absolute atomic E-state index is 6.49. The van der Waals surface area contributed by atoms with Gasteiger partial charge in [-0.1, -0.05) is 68.8 Å². The zero-order chi connectivity index (χ0) is 28.0. The van der Waals surface area contributed by atoms with Crippen LogP contribution >= 0.6 is 11.6 Å². The van der Waals surface area contributed by atoms with E-state index < -0.39 is 0 Å². The van der Waals surface area contributed by atoms with Crippen LogP contribution in [0.1, 0.15) is 43.9 Å². The van der Waals surface area contributed by atoms with Crippen molar-refractivity contribution in [3.63, 3.8) is 0 Å². The molecule has 1 fully saturated rings. The first-order valence-electron chi connectivity index (χ1n) is 14.4. The number of nitrogens with zero attached hydrogens (tertiary/aromatic N) is 4. The second-order valence-electron chi connectivity index (χ2n) is 11.9. The molecule has 0 amide bonds. The number of halogens is 1. The summed E-state index contributed by atoms with van der Waals surface area (Å²) < 4.78 is 8.57. The Balaban J connectivity index is 1.14. The van der Waals surface area contributed by atoms with Crippen LogP contribution in [0.5, 0.6) is 5.75 Å². The molecule has 5 rings (SSSR count). The number of anilines is 1. The van der Waals surface area contributed by atoms with E-state index >= 15 is 0 Å². The molecule has 2 heterocycles. The molecule has 0 N–H and O–H groups in total. The quantitative estimate of drug-likeness (QED) is 0.206. The van der Waals surface area contributed by atoms with E-state index in [0.717, 1.165) is 62.9 Å². The maximum Gasteiger partial charge on any atom is 0.119 e. The molecule has 3 aromatic carbocycles. The topological polar surface area (TPSA) is 33.5 Å². The van der Waals surface area contributed by atoms with Gasteiger partial charge in [-0.15, -0.1) is 0 Å². The molecule has 40 heavy (non-hydrogen) atoms. The fraction of sp³-hybridized carbons (Fsp3) is 0.382. The number of rotatable bonds is 10. The predicted molar refractivity (Wildman–Crippen MR) is 165 cm³/mol. The second-order valence-corrected chi connectivity index (χ2v) is 12.3. The molecule has 1 unspecified atom stereocenters. The third-order valence-corrected chi connectivity index (χ3v) is 8.00. The average Bonchev–Trinajstić information content (AvgIpc) is 3.46. The first-order chi connectivity index (χ1) is 19.3. The molecule has 6 heteroatoms. The molecule has 1 aliphatic heterocycles. The van der Waals surface area contributed by atoms with Crippen LogP contribution in [-0.4, -0.2) is 46.7 Å². The highest BCUT2D eigenvalue weighted by molar-refractivity contribution is 6.30. The zero-order valence-electron chi connectivity index (χ0n) is 24.0. The summed E-state index contributed by atoms with van der Waals surface area (Å²) in [5.41, 5.74) is 5.50. The van der Waals surface area contributed by atoms with Gasteiger partial charge in [0, 0.05) is 55.8 Å². The van der Waals surface area contributed by atoms with Gasteiger partial charge in [0.25, 0.3) is 0 Å². The van der Waals surface area contributed by atoms with Crippen molar-refractivity contribution < 1.29 is 4.74 Å². The van der Waals surface area contributed by atoms with Crippen LogP contribution in [0.2, 0.25) is 5.02 Å². The van der Waals surface area contributed by atoms with E-state index in [1.807, 2.05) is 30.9 Å². The lowest BCUT2D eigenvalue weighted by Gasteiger charge is -2.36. The summed E-state index contributed by atoms with van der Waals surface area (Å²) in [5, 5.41) is 0.766. The Morgan fingerprint density at radius 3 is 2.15 bits per heavy atom. The number of piperazine rings is 1. The van der Waals surface area contributed by atoms with E-state index in [1.165, 1.54) is 22.4 Å². The first kappa shape index (κ1) is 28.3. The lowest BCUT2D eigenvalue weighted by Crippen LogP contribution is -2.45. The third kappa shape index (κ3) is 7.89. The molecular formula is C34H41ClN4O. The van der Waals surface area contributed by atoms with Crippen LogP contribution in [0, 0.1) is 0 Å². The van der Waals surface area contributed by atoms with Gasteiger partial charge in [0.2, 0.25) is 0 Å². The number of benzene rings is 3. The molecule has 0 aliphatic carbocycles. The van der Waals surface area contributed by atoms with E-state index in [0.29, 0.717) is 0 Å². The van der Waals surface area contributed by atoms with E-state index in [1.54, 1.807) is 0 Å². The largest absolute Gasteiger partial charge is 0.489 e. The smallest absolute Gasteiger partial charge is 0.119 e. The van der Waals surface area contributed by atoms with Crippen molar-refractivity contribution >= 4 is 17.3 Å². The summed E-state index contributed by atoms with van der Waals surface area (Å²) in [7, 11) is 0. The Bertz CT molecular complexity index is 1300. The first-order valence-corrected chi connectivity index (χ1v) is 14.7. The van der Waals surface area contributed by atoms with Crippen LogP contribution < -0.4 is 9.64 Å². The van der Waals surface area contributed by atoms with Gasteiger partial charge < -0.3 is 14.2 Å². The van der Waals surface area contributed by atoms with Crippen LogP contribution in [0.4, 0.5) is 5.69 Å². The summed E-state index contributed by atoms with van der Waals surface area (Å²) in [6.45, 7) is 12.8. The maximum atomic E-state index is 6.49. The summed E-state index contributed by atoms with van der Waals surface area (Å²) in [6, 6.07) is 25.9. The number of hydrogen-bond acceptors (Lipinski definition) is 4. The van der Waals surface area contributed by atoms with Crippen LogP contribution in [0.25, 0.3) is 0 Å². The highest BCUT2D eigenvalue weighted by Crippen LogP contribution is 2.25. The van der Waals surface area contributed by atoms with Gasteiger partial charge in [-0.25, -0.2) is 4.98 Å². The second kappa shape index (κ2) is 12.9. The third-order valence-electron chi connectivity index (χ3n) is 7.74.